The molecule has 0 radical (unpaired) electrons. The highest BCUT2D eigenvalue weighted by Gasteiger charge is 2.17. The lowest BCUT2D eigenvalue weighted by atomic mass is 10.1. The zero-order chi connectivity index (χ0) is 18.5. The van der Waals surface area contributed by atoms with E-state index in [-0.39, 0.29) is 0 Å². The number of ether oxygens (including phenoxy) is 3. The fourth-order valence-electron chi connectivity index (χ4n) is 2.88. The SMILES string of the molecule is COc1cc(OC)c(-c2cnc(CNN3CCN(C)CC3)s2)cc1OC. The van der Waals surface area contributed by atoms with Crippen molar-refractivity contribution in [2.45, 2.75) is 6.54 Å². The topological polar surface area (TPSA) is 59.1 Å². The molecule has 8 heteroatoms. The molecule has 2 aromatic rings. The lowest BCUT2D eigenvalue weighted by molar-refractivity contribution is 0.102. The second-order valence-corrected chi connectivity index (χ2v) is 7.27. The smallest absolute Gasteiger partial charge is 0.164 e. The van der Waals surface area contributed by atoms with E-state index in [9.17, 15) is 0 Å². The Kier molecular flexibility index (Phi) is 6.31. The first kappa shape index (κ1) is 18.9. The van der Waals surface area contributed by atoms with Gasteiger partial charge in [-0.25, -0.2) is 15.4 Å². The summed E-state index contributed by atoms with van der Waals surface area (Å²) in [5, 5.41) is 3.30. The molecule has 0 bridgehead atoms. The molecule has 0 aliphatic carbocycles. The van der Waals surface area contributed by atoms with Crippen LogP contribution in [0.1, 0.15) is 5.01 Å². The molecule has 142 valence electrons. The average molecular weight is 378 g/mol. The van der Waals surface area contributed by atoms with E-state index < -0.39 is 0 Å². The van der Waals surface area contributed by atoms with E-state index in [2.05, 4.69) is 27.4 Å². The normalized spacial score (nSPS) is 15.8. The maximum atomic E-state index is 5.53. The summed E-state index contributed by atoms with van der Waals surface area (Å²) in [4.78, 5) is 7.93. The van der Waals surface area contributed by atoms with Gasteiger partial charge in [0.15, 0.2) is 11.5 Å². The van der Waals surface area contributed by atoms with Crippen LogP contribution >= 0.6 is 11.3 Å². The van der Waals surface area contributed by atoms with Crippen LogP contribution in [0, 0.1) is 0 Å². The monoisotopic (exact) mass is 378 g/mol. The standard InChI is InChI=1S/C18H26N4O3S/c1-21-5-7-22(8-6-21)20-12-18-19-11-17(26-18)13-9-15(24-3)16(25-4)10-14(13)23-2/h9-11,20H,5-8,12H2,1-4H3. The highest BCUT2D eigenvalue weighted by Crippen LogP contribution is 2.41. The van der Waals surface area contributed by atoms with Gasteiger partial charge in [-0.3, -0.25) is 0 Å². The third-order valence-corrected chi connectivity index (χ3v) is 5.51. The minimum Gasteiger partial charge on any atom is -0.496 e. The molecule has 1 aliphatic rings. The van der Waals surface area contributed by atoms with Gasteiger partial charge in [-0.2, -0.15) is 0 Å². The third kappa shape index (κ3) is 4.27. The number of hydrogen-bond donors (Lipinski definition) is 1. The molecular formula is C18H26N4O3S. The van der Waals surface area contributed by atoms with Gasteiger partial charge in [0.2, 0.25) is 0 Å². The van der Waals surface area contributed by atoms with Crippen molar-refractivity contribution in [3.05, 3.63) is 23.3 Å². The van der Waals surface area contributed by atoms with Gasteiger partial charge in [-0.15, -0.1) is 11.3 Å². The van der Waals surface area contributed by atoms with E-state index in [0.717, 1.165) is 53.9 Å². The number of benzene rings is 1. The number of thiazole rings is 1. The zero-order valence-corrected chi connectivity index (χ0v) is 16.6. The molecule has 1 aromatic heterocycles. The summed E-state index contributed by atoms with van der Waals surface area (Å²) in [6.45, 7) is 4.94. The van der Waals surface area contributed by atoms with Gasteiger partial charge in [-0.05, 0) is 13.1 Å². The quantitative estimate of drug-likeness (QED) is 0.792. The number of likely N-dealkylation sites (N-methyl/N-ethyl adjacent to an activating group) is 1. The Hall–Kier alpha value is -1.87. The van der Waals surface area contributed by atoms with Crippen molar-refractivity contribution in [3.8, 4) is 27.7 Å². The van der Waals surface area contributed by atoms with Crippen LogP contribution in [0.15, 0.2) is 18.3 Å². The number of aromatic nitrogens is 1. The van der Waals surface area contributed by atoms with Gasteiger partial charge in [0.25, 0.3) is 0 Å². The number of piperazine rings is 1. The molecule has 1 N–H and O–H groups in total. The van der Waals surface area contributed by atoms with Gasteiger partial charge in [0, 0.05) is 44.0 Å². The predicted molar refractivity (Wildman–Crippen MR) is 103 cm³/mol. The third-order valence-electron chi connectivity index (χ3n) is 4.48. The molecule has 1 fully saturated rings. The van der Waals surface area contributed by atoms with Gasteiger partial charge < -0.3 is 19.1 Å². The van der Waals surface area contributed by atoms with Crippen molar-refractivity contribution < 1.29 is 14.2 Å². The molecule has 2 heterocycles. The molecule has 1 aliphatic heterocycles. The molecule has 1 aromatic carbocycles. The number of rotatable bonds is 7. The van der Waals surface area contributed by atoms with E-state index in [4.69, 9.17) is 14.2 Å². The highest BCUT2D eigenvalue weighted by atomic mass is 32.1. The largest absolute Gasteiger partial charge is 0.496 e. The molecule has 1 saturated heterocycles. The van der Waals surface area contributed by atoms with Crippen molar-refractivity contribution in [2.24, 2.45) is 0 Å². The molecule has 26 heavy (non-hydrogen) atoms. The van der Waals surface area contributed by atoms with Crippen molar-refractivity contribution in [3.63, 3.8) is 0 Å². The van der Waals surface area contributed by atoms with E-state index in [1.165, 1.54) is 0 Å². The van der Waals surface area contributed by atoms with Crippen molar-refractivity contribution in [1.29, 1.82) is 0 Å². The van der Waals surface area contributed by atoms with Crippen LogP contribution in [-0.4, -0.2) is 69.4 Å². The van der Waals surface area contributed by atoms with Gasteiger partial charge in [0.05, 0.1) is 32.8 Å². The first-order valence-electron chi connectivity index (χ1n) is 8.56. The van der Waals surface area contributed by atoms with E-state index in [1.807, 2.05) is 18.3 Å². The minimum absolute atomic E-state index is 0.648. The number of nitrogens with one attached hydrogen (secondary N) is 1. The molecule has 7 nitrogen and oxygen atoms in total. The first-order chi connectivity index (χ1) is 12.6. The summed E-state index contributed by atoms with van der Waals surface area (Å²) in [5.74, 6) is 2.06. The lowest BCUT2D eigenvalue weighted by Gasteiger charge is -2.32. The van der Waals surface area contributed by atoms with Gasteiger partial charge in [0.1, 0.15) is 10.8 Å². The number of hydrogen-bond acceptors (Lipinski definition) is 8. The Bertz CT molecular complexity index is 729. The van der Waals surface area contributed by atoms with Gasteiger partial charge >= 0.3 is 0 Å². The van der Waals surface area contributed by atoms with Crippen LogP contribution < -0.4 is 19.6 Å². The Balaban J connectivity index is 1.72. The summed E-state index contributed by atoms with van der Waals surface area (Å²) >= 11 is 1.65. The highest BCUT2D eigenvalue weighted by molar-refractivity contribution is 7.15. The molecule has 0 saturated carbocycles. The molecule has 0 unspecified atom stereocenters. The van der Waals surface area contributed by atoms with Crippen molar-refractivity contribution in [2.75, 3.05) is 54.6 Å². The number of methoxy groups -OCH3 is 3. The zero-order valence-electron chi connectivity index (χ0n) is 15.7. The van der Waals surface area contributed by atoms with Crippen LogP contribution in [0.25, 0.3) is 10.4 Å². The summed E-state index contributed by atoms with van der Waals surface area (Å²) in [6.07, 6.45) is 1.88. The molecule has 3 rings (SSSR count). The van der Waals surface area contributed by atoms with E-state index in [0.29, 0.717) is 11.5 Å². The van der Waals surface area contributed by atoms with Crippen LogP contribution in [-0.2, 0) is 6.54 Å². The molecule has 0 amide bonds. The van der Waals surface area contributed by atoms with Crippen LogP contribution in [0.2, 0.25) is 0 Å². The summed E-state index contributed by atoms with van der Waals surface area (Å²) in [5.41, 5.74) is 4.42. The van der Waals surface area contributed by atoms with Crippen molar-refractivity contribution >= 4 is 11.3 Å². The predicted octanol–water partition coefficient (Wildman–Crippen LogP) is 2.09. The number of nitrogens with zero attached hydrogens (tertiary/aromatic N) is 3. The molecule has 0 atom stereocenters. The second kappa shape index (κ2) is 8.68. The van der Waals surface area contributed by atoms with Crippen LogP contribution in [0.5, 0.6) is 17.2 Å². The van der Waals surface area contributed by atoms with Crippen molar-refractivity contribution in [1.82, 2.24) is 20.3 Å². The minimum atomic E-state index is 0.648. The maximum absolute atomic E-state index is 5.53. The molecular weight excluding hydrogens is 352 g/mol. The Morgan fingerprint density at radius 1 is 1.00 bits per heavy atom. The maximum Gasteiger partial charge on any atom is 0.164 e. The van der Waals surface area contributed by atoms with E-state index >= 15 is 0 Å². The Labute approximate surface area is 158 Å². The fourth-order valence-corrected chi connectivity index (χ4v) is 3.75. The Morgan fingerprint density at radius 2 is 1.65 bits per heavy atom. The Morgan fingerprint density at radius 3 is 2.31 bits per heavy atom. The lowest BCUT2D eigenvalue weighted by Crippen LogP contribution is -2.50. The average Bonchev–Trinajstić information content (AvgIpc) is 3.15. The van der Waals surface area contributed by atoms with Gasteiger partial charge in [-0.1, -0.05) is 0 Å². The fraction of sp³-hybridized carbons (Fsp3) is 0.500. The summed E-state index contributed by atoms with van der Waals surface area (Å²) < 4.78 is 16.3. The van der Waals surface area contributed by atoms with Crippen LogP contribution in [0.4, 0.5) is 0 Å². The number of hydrazine groups is 1. The first-order valence-corrected chi connectivity index (χ1v) is 9.38. The molecule has 0 spiro atoms. The summed E-state index contributed by atoms with van der Waals surface area (Å²) in [6, 6.07) is 3.78. The summed E-state index contributed by atoms with van der Waals surface area (Å²) in [7, 11) is 7.06. The van der Waals surface area contributed by atoms with Crippen LogP contribution in [0.3, 0.4) is 0 Å². The van der Waals surface area contributed by atoms with E-state index in [1.54, 1.807) is 32.7 Å². The second-order valence-electron chi connectivity index (χ2n) is 6.15.